The van der Waals surface area contributed by atoms with Crippen LogP contribution in [-0.4, -0.2) is 9.97 Å². The van der Waals surface area contributed by atoms with Crippen molar-refractivity contribution in [1.29, 1.82) is 0 Å². The van der Waals surface area contributed by atoms with Crippen molar-refractivity contribution in [3.05, 3.63) is 66.5 Å². The highest BCUT2D eigenvalue weighted by Crippen LogP contribution is 2.31. The molecule has 0 bridgehead atoms. The fraction of sp³-hybridized carbons (Fsp3) is 0. The molecule has 1 heterocycles. The number of hydrogen-bond donors (Lipinski definition) is 2. The molecule has 0 saturated heterocycles. The van der Waals surface area contributed by atoms with Gasteiger partial charge in [-0.2, -0.15) is 4.98 Å². The Morgan fingerprint density at radius 3 is 2.52 bits per heavy atom. The van der Waals surface area contributed by atoms with Gasteiger partial charge >= 0.3 is 0 Å². The van der Waals surface area contributed by atoms with Crippen molar-refractivity contribution in [2.75, 3.05) is 11.1 Å². The molecule has 0 spiro atoms. The summed E-state index contributed by atoms with van der Waals surface area (Å²) in [7, 11) is 0. The SMILES string of the molecule is Nc1c(Nc2ccc(F)cc2F)ncnc1Oc1ccccc1. The largest absolute Gasteiger partial charge is 0.437 e. The smallest absolute Gasteiger partial charge is 0.248 e. The molecule has 1 aromatic heterocycles. The minimum Gasteiger partial charge on any atom is -0.437 e. The van der Waals surface area contributed by atoms with E-state index in [4.69, 9.17) is 10.5 Å². The average Bonchev–Trinajstić information content (AvgIpc) is 2.54. The normalized spacial score (nSPS) is 10.3. The Labute approximate surface area is 130 Å². The van der Waals surface area contributed by atoms with E-state index in [-0.39, 0.29) is 23.1 Å². The molecule has 3 rings (SSSR count). The molecule has 0 aliphatic rings. The van der Waals surface area contributed by atoms with Gasteiger partial charge in [0.2, 0.25) is 5.88 Å². The first kappa shape index (κ1) is 14.7. The second-order valence-electron chi connectivity index (χ2n) is 4.61. The van der Waals surface area contributed by atoms with Crippen LogP contribution in [0.5, 0.6) is 11.6 Å². The highest BCUT2D eigenvalue weighted by Gasteiger charge is 2.12. The zero-order valence-corrected chi connectivity index (χ0v) is 11.8. The van der Waals surface area contributed by atoms with Gasteiger partial charge in [0.15, 0.2) is 5.82 Å². The van der Waals surface area contributed by atoms with Gasteiger partial charge in [0, 0.05) is 6.07 Å². The molecule has 0 amide bonds. The third-order valence-electron chi connectivity index (χ3n) is 2.99. The summed E-state index contributed by atoms with van der Waals surface area (Å²) in [6.07, 6.45) is 1.23. The van der Waals surface area contributed by atoms with Crippen LogP contribution in [-0.2, 0) is 0 Å². The number of nitrogen functional groups attached to an aromatic ring is 1. The van der Waals surface area contributed by atoms with E-state index in [2.05, 4.69) is 15.3 Å². The lowest BCUT2D eigenvalue weighted by molar-refractivity contribution is 0.464. The summed E-state index contributed by atoms with van der Waals surface area (Å²) in [4.78, 5) is 7.91. The van der Waals surface area contributed by atoms with Crippen LogP contribution in [0.3, 0.4) is 0 Å². The summed E-state index contributed by atoms with van der Waals surface area (Å²) in [6.45, 7) is 0. The Balaban J connectivity index is 1.87. The Kier molecular flexibility index (Phi) is 4.01. The number of aromatic nitrogens is 2. The highest BCUT2D eigenvalue weighted by molar-refractivity contribution is 5.72. The van der Waals surface area contributed by atoms with Gasteiger partial charge in [-0.15, -0.1) is 0 Å². The number of para-hydroxylation sites is 1. The zero-order chi connectivity index (χ0) is 16.2. The fourth-order valence-electron chi connectivity index (χ4n) is 1.88. The van der Waals surface area contributed by atoms with Crippen molar-refractivity contribution in [3.63, 3.8) is 0 Å². The second kappa shape index (κ2) is 6.27. The predicted octanol–water partition coefficient (Wildman–Crippen LogP) is 3.87. The topological polar surface area (TPSA) is 73.1 Å². The van der Waals surface area contributed by atoms with Crippen molar-refractivity contribution < 1.29 is 13.5 Å². The van der Waals surface area contributed by atoms with E-state index in [1.165, 1.54) is 12.4 Å². The summed E-state index contributed by atoms with van der Waals surface area (Å²) in [5.74, 6) is -0.574. The van der Waals surface area contributed by atoms with Crippen molar-refractivity contribution in [2.24, 2.45) is 0 Å². The summed E-state index contributed by atoms with van der Waals surface area (Å²) >= 11 is 0. The van der Waals surface area contributed by atoms with Crippen LogP contribution in [0.2, 0.25) is 0 Å². The van der Waals surface area contributed by atoms with Gasteiger partial charge in [-0.3, -0.25) is 0 Å². The lowest BCUT2D eigenvalue weighted by Gasteiger charge is -2.12. The number of nitrogens with two attached hydrogens (primary N) is 1. The minimum absolute atomic E-state index is 0.0439. The van der Waals surface area contributed by atoms with E-state index in [0.717, 1.165) is 12.1 Å². The van der Waals surface area contributed by atoms with Crippen molar-refractivity contribution >= 4 is 17.2 Å². The first-order valence-electron chi connectivity index (χ1n) is 6.69. The van der Waals surface area contributed by atoms with Gasteiger partial charge in [0.05, 0.1) is 5.69 Å². The van der Waals surface area contributed by atoms with E-state index in [1.54, 1.807) is 24.3 Å². The number of ether oxygens (including phenoxy) is 1. The van der Waals surface area contributed by atoms with Crippen LogP contribution in [0.4, 0.5) is 26.0 Å². The molecule has 0 aliphatic carbocycles. The van der Waals surface area contributed by atoms with Crippen molar-refractivity contribution in [1.82, 2.24) is 9.97 Å². The molecule has 3 aromatic rings. The Morgan fingerprint density at radius 2 is 1.78 bits per heavy atom. The molecule has 0 radical (unpaired) electrons. The van der Waals surface area contributed by atoms with Crippen LogP contribution >= 0.6 is 0 Å². The molecule has 7 heteroatoms. The maximum Gasteiger partial charge on any atom is 0.248 e. The fourth-order valence-corrected chi connectivity index (χ4v) is 1.88. The molecule has 0 unspecified atom stereocenters. The van der Waals surface area contributed by atoms with E-state index >= 15 is 0 Å². The summed E-state index contributed by atoms with van der Waals surface area (Å²) in [5.41, 5.74) is 6.11. The summed E-state index contributed by atoms with van der Waals surface area (Å²) in [6, 6.07) is 12.1. The second-order valence-corrected chi connectivity index (χ2v) is 4.61. The Hall–Kier alpha value is -3.22. The van der Waals surface area contributed by atoms with Crippen molar-refractivity contribution in [3.8, 4) is 11.6 Å². The maximum absolute atomic E-state index is 13.7. The lowest BCUT2D eigenvalue weighted by Crippen LogP contribution is -2.04. The predicted molar refractivity (Wildman–Crippen MR) is 82.6 cm³/mol. The Morgan fingerprint density at radius 1 is 1.00 bits per heavy atom. The van der Waals surface area contributed by atoms with Crippen LogP contribution in [0.15, 0.2) is 54.9 Å². The van der Waals surface area contributed by atoms with Crippen LogP contribution in [0, 0.1) is 11.6 Å². The molecule has 0 aliphatic heterocycles. The minimum atomic E-state index is -0.756. The molecule has 0 fully saturated rings. The number of hydrogen-bond acceptors (Lipinski definition) is 5. The van der Waals surface area contributed by atoms with Gasteiger partial charge in [-0.05, 0) is 24.3 Å². The van der Waals surface area contributed by atoms with Crippen LogP contribution < -0.4 is 15.8 Å². The average molecular weight is 314 g/mol. The lowest BCUT2D eigenvalue weighted by atomic mass is 10.3. The molecule has 3 N–H and O–H groups in total. The van der Waals surface area contributed by atoms with Crippen LogP contribution in [0.25, 0.3) is 0 Å². The summed E-state index contributed by atoms with van der Waals surface area (Å²) < 4.78 is 32.2. The number of nitrogens with zero attached hydrogens (tertiary/aromatic N) is 2. The van der Waals surface area contributed by atoms with Gasteiger partial charge in [-0.25, -0.2) is 13.8 Å². The van der Waals surface area contributed by atoms with Gasteiger partial charge in [0.1, 0.15) is 29.4 Å². The third-order valence-corrected chi connectivity index (χ3v) is 2.99. The number of benzene rings is 2. The molecule has 2 aromatic carbocycles. The quantitative estimate of drug-likeness (QED) is 0.764. The van der Waals surface area contributed by atoms with E-state index in [1.807, 2.05) is 6.07 Å². The number of rotatable bonds is 4. The van der Waals surface area contributed by atoms with Crippen molar-refractivity contribution in [2.45, 2.75) is 0 Å². The van der Waals surface area contributed by atoms with Crippen LogP contribution in [0.1, 0.15) is 0 Å². The third kappa shape index (κ3) is 3.34. The number of anilines is 3. The van der Waals surface area contributed by atoms with E-state index < -0.39 is 11.6 Å². The van der Waals surface area contributed by atoms with Gasteiger partial charge < -0.3 is 15.8 Å². The van der Waals surface area contributed by atoms with Gasteiger partial charge in [0.25, 0.3) is 0 Å². The maximum atomic E-state index is 13.7. The van der Waals surface area contributed by atoms with E-state index in [0.29, 0.717) is 5.75 Å². The first-order valence-corrected chi connectivity index (χ1v) is 6.69. The molecule has 0 atom stereocenters. The first-order chi connectivity index (χ1) is 11.1. The monoisotopic (exact) mass is 314 g/mol. The highest BCUT2D eigenvalue weighted by atomic mass is 19.1. The molecular formula is C16H12F2N4O. The molecule has 23 heavy (non-hydrogen) atoms. The molecule has 5 nitrogen and oxygen atoms in total. The zero-order valence-electron chi connectivity index (χ0n) is 11.8. The van der Waals surface area contributed by atoms with Gasteiger partial charge in [-0.1, -0.05) is 18.2 Å². The Bertz CT molecular complexity index is 828. The standard InChI is InChI=1S/C16H12F2N4O/c17-10-6-7-13(12(18)8-10)22-15-14(19)16(21-9-20-15)23-11-4-2-1-3-5-11/h1-9H,19H2,(H,20,21,22). The molecule has 116 valence electrons. The number of nitrogens with one attached hydrogen (secondary N) is 1. The number of halogens is 2. The van der Waals surface area contributed by atoms with E-state index in [9.17, 15) is 8.78 Å². The molecule has 0 saturated carbocycles. The molecular weight excluding hydrogens is 302 g/mol. The summed E-state index contributed by atoms with van der Waals surface area (Å²) in [5, 5.41) is 2.70.